The van der Waals surface area contributed by atoms with Crippen LogP contribution in [0.15, 0.2) is 24.3 Å². The summed E-state index contributed by atoms with van der Waals surface area (Å²) in [6, 6.07) is 4.69. The average molecular weight is 438 g/mol. The lowest BCUT2D eigenvalue weighted by atomic mass is 9.71. The lowest BCUT2D eigenvalue weighted by Crippen LogP contribution is -2.47. The van der Waals surface area contributed by atoms with Gasteiger partial charge in [0.1, 0.15) is 0 Å². The van der Waals surface area contributed by atoms with E-state index in [9.17, 15) is 22.8 Å². The van der Waals surface area contributed by atoms with Gasteiger partial charge in [-0.2, -0.15) is 13.2 Å². The molecule has 1 N–H and O–H groups in total. The Hall–Kier alpha value is -2.09. The van der Waals surface area contributed by atoms with E-state index >= 15 is 0 Å². The number of likely N-dealkylation sites (tertiary alicyclic amines) is 1. The van der Waals surface area contributed by atoms with Crippen molar-refractivity contribution in [2.75, 3.05) is 26.3 Å². The number of amides is 2. The number of nitrogens with one attached hydrogen (secondary N) is 1. The third-order valence-corrected chi connectivity index (χ3v) is 7.13. The molecule has 2 aliphatic heterocycles. The molecule has 2 saturated heterocycles. The number of benzene rings is 1. The van der Waals surface area contributed by atoms with Crippen molar-refractivity contribution in [1.82, 2.24) is 10.2 Å². The summed E-state index contributed by atoms with van der Waals surface area (Å²) in [5, 5.41) is 3.19. The lowest BCUT2D eigenvalue weighted by Gasteiger charge is -2.37. The van der Waals surface area contributed by atoms with Crippen molar-refractivity contribution >= 4 is 11.8 Å². The molecule has 31 heavy (non-hydrogen) atoms. The van der Waals surface area contributed by atoms with Crippen LogP contribution in [-0.2, 0) is 15.7 Å². The van der Waals surface area contributed by atoms with Crippen molar-refractivity contribution in [3.8, 4) is 0 Å². The predicted octanol–water partition coefficient (Wildman–Crippen LogP) is 4.02. The zero-order valence-electron chi connectivity index (χ0n) is 17.5. The Bertz CT molecular complexity index is 815. The molecule has 2 amide bonds. The number of hydrogen-bond acceptors (Lipinski definition) is 3. The molecule has 8 heteroatoms. The molecule has 170 valence electrons. The molecule has 1 saturated carbocycles. The number of hydrogen-bond donors (Lipinski definition) is 1. The van der Waals surface area contributed by atoms with Crippen LogP contribution in [0.5, 0.6) is 0 Å². The van der Waals surface area contributed by atoms with Gasteiger partial charge in [0.25, 0.3) is 5.91 Å². The van der Waals surface area contributed by atoms with E-state index in [0.29, 0.717) is 32.6 Å². The van der Waals surface area contributed by atoms with Gasteiger partial charge in [-0.1, -0.05) is 25.3 Å². The smallest absolute Gasteiger partial charge is 0.381 e. The quantitative estimate of drug-likeness (QED) is 0.776. The highest BCUT2D eigenvalue weighted by molar-refractivity contribution is 5.95. The topological polar surface area (TPSA) is 58.6 Å². The molecule has 1 aromatic carbocycles. The van der Waals surface area contributed by atoms with Gasteiger partial charge in [-0.3, -0.25) is 9.59 Å². The Morgan fingerprint density at radius 3 is 2.48 bits per heavy atom. The van der Waals surface area contributed by atoms with E-state index in [2.05, 4.69) is 5.32 Å². The molecular formula is C23H29F3N2O3. The Labute approximate surface area is 180 Å². The van der Waals surface area contributed by atoms with Crippen molar-refractivity contribution in [2.45, 2.75) is 57.2 Å². The maximum Gasteiger partial charge on any atom is 0.416 e. The van der Waals surface area contributed by atoms with Crippen LogP contribution in [0, 0.1) is 11.3 Å². The molecule has 3 aliphatic rings. The summed E-state index contributed by atoms with van der Waals surface area (Å²) >= 11 is 0. The molecule has 1 aliphatic carbocycles. The van der Waals surface area contributed by atoms with Gasteiger partial charge in [-0.05, 0) is 43.9 Å². The van der Waals surface area contributed by atoms with E-state index in [0.717, 1.165) is 37.8 Å². The van der Waals surface area contributed by atoms with Gasteiger partial charge >= 0.3 is 6.18 Å². The molecule has 3 fully saturated rings. The molecule has 2 heterocycles. The SMILES string of the molecule is O=C(NC1CCCCC1)C1CN(C(=O)c2cccc(C(F)(F)F)c2)CC12CCOCC2. The highest BCUT2D eigenvalue weighted by Crippen LogP contribution is 2.45. The first-order valence-electron chi connectivity index (χ1n) is 11.1. The number of halogens is 3. The van der Waals surface area contributed by atoms with Gasteiger partial charge in [0.2, 0.25) is 5.91 Å². The fourth-order valence-corrected chi connectivity index (χ4v) is 5.33. The minimum Gasteiger partial charge on any atom is -0.381 e. The summed E-state index contributed by atoms with van der Waals surface area (Å²) < 4.78 is 44.8. The summed E-state index contributed by atoms with van der Waals surface area (Å²) in [4.78, 5) is 27.9. The Morgan fingerprint density at radius 1 is 1.10 bits per heavy atom. The largest absolute Gasteiger partial charge is 0.416 e. The zero-order chi connectivity index (χ0) is 22.1. The number of rotatable bonds is 3. The van der Waals surface area contributed by atoms with Gasteiger partial charge < -0.3 is 15.0 Å². The molecule has 1 spiro atoms. The third-order valence-electron chi connectivity index (χ3n) is 7.13. The molecule has 0 bridgehead atoms. The van der Waals surface area contributed by atoms with Gasteiger partial charge in [0, 0.05) is 43.3 Å². The summed E-state index contributed by atoms with van der Waals surface area (Å²) in [7, 11) is 0. The van der Waals surface area contributed by atoms with E-state index in [1.807, 2.05) is 0 Å². The van der Waals surface area contributed by atoms with Crippen LogP contribution in [0.25, 0.3) is 0 Å². The molecule has 1 aromatic rings. The second-order valence-electron chi connectivity index (χ2n) is 9.14. The molecule has 0 radical (unpaired) electrons. The minimum absolute atomic E-state index is 0.00498. The standard InChI is InChI=1S/C23H29F3N2O3/c24-23(25,26)17-6-4-5-16(13-17)21(30)28-14-19(22(15-28)9-11-31-12-10-22)20(29)27-18-7-2-1-3-8-18/h4-6,13,18-19H,1-3,7-12,14-15H2,(H,27,29). The predicted molar refractivity (Wildman–Crippen MR) is 108 cm³/mol. The fourth-order valence-electron chi connectivity index (χ4n) is 5.33. The molecule has 0 aromatic heterocycles. The van der Waals surface area contributed by atoms with Crippen LogP contribution in [0.4, 0.5) is 13.2 Å². The maximum atomic E-state index is 13.2. The molecule has 1 unspecified atom stereocenters. The van der Waals surface area contributed by atoms with Crippen LogP contribution in [0.2, 0.25) is 0 Å². The summed E-state index contributed by atoms with van der Waals surface area (Å²) in [6.07, 6.45) is 2.18. The number of nitrogens with zero attached hydrogens (tertiary/aromatic N) is 1. The lowest BCUT2D eigenvalue weighted by molar-refractivity contribution is -0.137. The Morgan fingerprint density at radius 2 is 1.81 bits per heavy atom. The first-order valence-corrected chi connectivity index (χ1v) is 11.1. The summed E-state index contributed by atoms with van der Waals surface area (Å²) in [6.45, 7) is 1.65. The van der Waals surface area contributed by atoms with Crippen molar-refractivity contribution in [2.24, 2.45) is 11.3 Å². The van der Waals surface area contributed by atoms with Gasteiger partial charge in [0.15, 0.2) is 0 Å². The van der Waals surface area contributed by atoms with Gasteiger partial charge in [0.05, 0.1) is 11.5 Å². The first-order chi connectivity index (χ1) is 14.8. The Balaban J connectivity index is 1.53. The minimum atomic E-state index is -4.51. The van der Waals surface area contributed by atoms with Crippen LogP contribution in [0.1, 0.15) is 60.9 Å². The number of carbonyl (C=O) groups is 2. The van der Waals surface area contributed by atoms with Crippen LogP contribution < -0.4 is 5.32 Å². The van der Waals surface area contributed by atoms with Crippen molar-refractivity contribution in [3.05, 3.63) is 35.4 Å². The van der Waals surface area contributed by atoms with Crippen molar-refractivity contribution in [3.63, 3.8) is 0 Å². The Kier molecular flexibility index (Phi) is 6.28. The van der Waals surface area contributed by atoms with E-state index < -0.39 is 17.6 Å². The average Bonchev–Trinajstić information content (AvgIpc) is 3.12. The number of carbonyl (C=O) groups excluding carboxylic acids is 2. The summed E-state index contributed by atoms with van der Waals surface area (Å²) in [5.41, 5.74) is -1.22. The van der Waals surface area contributed by atoms with E-state index in [-0.39, 0.29) is 35.4 Å². The molecule has 5 nitrogen and oxygen atoms in total. The highest BCUT2D eigenvalue weighted by atomic mass is 19.4. The first kappa shape index (κ1) is 22.1. The second-order valence-corrected chi connectivity index (χ2v) is 9.14. The molecular weight excluding hydrogens is 409 g/mol. The van der Waals surface area contributed by atoms with Crippen molar-refractivity contribution < 1.29 is 27.5 Å². The van der Waals surface area contributed by atoms with E-state index in [1.54, 1.807) is 4.90 Å². The van der Waals surface area contributed by atoms with E-state index in [4.69, 9.17) is 4.74 Å². The van der Waals surface area contributed by atoms with E-state index in [1.165, 1.54) is 18.6 Å². The van der Waals surface area contributed by atoms with Crippen LogP contribution in [0.3, 0.4) is 0 Å². The fraction of sp³-hybridized carbons (Fsp3) is 0.652. The van der Waals surface area contributed by atoms with Gasteiger partial charge in [-0.25, -0.2) is 0 Å². The number of ether oxygens (including phenoxy) is 1. The molecule has 4 rings (SSSR count). The van der Waals surface area contributed by atoms with Crippen LogP contribution >= 0.6 is 0 Å². The highest BCUT2D eigenvalue weighted by Gasteiger charge is 2.52. The third kappa shape index (κ3) is 4.73. The molecule has 1 atom stereocenters. The number of alkyl halides is 3. The monoisotopic (exact) mass is 438 g/mol. The zero-order valence-corrected chi connectivity index (χ0v) is 17.5. The van der Waals surface area contributed by atoms with Crippen LogP contribution in [-0.4, -0.2) is 49.1 Å². The van der Waals surface area contributed by atoms with Gasteiger partial charge in [-0.15, -0.1) is 0 Å². The maximum absolute atomic E-state index is 13.2. The van der Waals surface area contributed by atoms with Crippen molar-refractivity contribution in [1.29, 1.82) is 0 Å². The normalized spacial score (nSPS) is 24.4. The second kappa shape index (κ2) is 8.81. The summed E-state index contributed by atoms with van der Waals surface area (Å²) in [5.74, 6) is -0.855.